The Kier molecular flexibility index (Phi) is 7.29. The molecule has 0 radical (unpaired) electrons. The van der Waals surface area contributed by atoms with Crippen LogP contribution in [0.5, 0.6) is 0 Å². The largest absolute Gasteiger partial charge is 0.332 e. The van der Waals surface area contributed by atoms with Crippen molar-refractivity contribution in [2.24, 2.45) is 0 Å². The normalized spacial score (nSPS) is 10.9. The third-order valence-electron chi connectivity index (χ3n) is 4.12. The second-order valence-corrected chi connectivity index (χ2v) is 8.02. The predicted octanol–water partition coefficient (Wildman–Crippen LogP) is 4.85. The van der Waals surface area contributed by atoms with Gasteiger partial charge in [0.05, 0.1) is 0 Å². The van der Waals surface area contributed by atoms with Crippen LogP contribution in [0.15, 0.2) is 48.5 Å². The number of nitrogens with one attached hydrogen (secondary N) is 3. The lowest BCUT2D eigenvalue weighted by atomic mass is 9.87. The van der Waals surface area contributed by atoms with Gasteiger partial charge in [-0.3, -0.25) is 14.9 Å². The second-order valence-electron chi connectivity index (χ2n) is 7.61. The summed E-state index contributed by atoms with van der Waals surface area (Å²) >= 11 is 5.24. The van der Waals surface area contributed by atoms with Gasteiger partial charge in [-0.2, -0.15) is 0 Å². The molecule has 6 heteroatoms. The molecule has 0 heterocycles. The van der Waals surface area contributed by atoms with Gasteiger partial charge in [-0.05, 0) is 59.9 Å². The molecular weight excluding hydrogens is 370 g/mol. The number of benzene rings is 2. The van der Waals surface area contributed by atoms with E-state index >= 15 is 0 Å². The monoisotopic (exact) mass is 397 g/mol. The summed E-state index contributed by atoms with van der Waals surface area (Å²) in [6, 6.07) is 14.7. The van der Waals surface area contributed by atoms with Gasteiger partial charge in [0, 0.05) is 23.4 Å². The van der Waals surface area contributed by atoms with Gasteiger partial charge in [0.25, 0.3) is 5.91 Å². The van der Waals surface area contributed by atoms with Crippen LogP contribution in [0.4, 0.5) is 11.4 Å². The van der Waals surface area contributed by atoms with Crippen molar-refractivity contribution in [3.05, 3.63) is 59.7 Å². The minimum Gasteiger partial charge on any atom is -0.332 e. The van der Waals surface area contributed by atoms with Crippen LogP contribution >= 0.6 is 12.2 Å². The summed E-state index contributed by atoms with van der Waals surface area (Å²) in [5.74, 6) is -0.306. The number of rotatable bonds is 5. The first-order valence-corrected chi connectivity index (χ1v) is 9.72. The fourth-order valence-corrected chi connectivity index (χ4v) is 2.80. The van der Waals surface area contributed by atoms with Gasteiger partial charge in [-0.25, -0.2) is 0 Å². The molecule has 0 saturated heterocycles. The Labute approximate surface area is 171 Å². The lowest BCUT2D eigenvalue weighted by Crippen LogP contribution is -2.34. The topological polar surface area (TPSA) is 70.2 Å². The summed E-state index contributed by atoms with van der Waals surface area (Å²) in [5.41, 5.74) is 3.09. The van der Waals surface area contributed by atoms with Crippen molar-refractivity contribution in [3.8, 4) is 0 Å². The molecule has 0 saturated carbocycles. The van der Waals surface area contributed by atoms with E-state index < -0.39 is 0 Å². The summed E-state index contributed by atoms with van der Waals surface area (Å²) in [7, 11) is 0. The minimum absolute atomic E-state index is 0.0312. The molecule has 0 spiro atoms. The van der Waals surface area contributed by atoms with Crippen molar-refractivity contribution in [1.29, 1.82) is 0 Å². The number of hydrogen-bond donors (Lipinski definition) is 3. The molecule has 2 rings (SSSR count). The predicted molar refractivity (Wildman–Crippen MR) is 119 cm³/mol. The first-order chi connectivity index (χ1) is 13.2. The van der Waals surface area contributed by atoms with Gasteiger partial charge < -0.3 is 10.6 Å². The highest BCUT2D eigenvalue weighted by atomic mass is 32.1. The molecule has 0 aliphatic rings. The van der Waals surface area contributed by atoms with Crippen LogP contribution in [-0.2, 0) is 10.2 Å². The molecule has 0 aliphatic carbocycles. The molecule has 2 aromatic rings. The smallest absolute Gasteiger partial charge is 0.257 e. The summed E-state index contributed by atoms with van der Waals surface area (Å²) in [4.78, 5) is 24.1. The van der Waals surface area contributed by atoms with Gasteiger partial charge in [0.15, 0.2) is 5.11 Å². The van der Waals surface area contributed by atoms with Crippen LogP contribution in [-0.4, -0.2) is 16.9 Å². The zero-order valence-corrected chi connectivity index (χ0v) is 17.6. The maximum atomic E-state index is 12.4. The Balaban J connectivity index is 1.96. The van der Waals surface area contributed by atoms with Gasteiger partial charge in [-0.15, -0.1) is 0 Å². The molecule has 5 nitrogen and oxygen atoms in total. The summed E-state index contributed by atoms with van der Waals surface area (Å²) in [5, 5.41) is 8.68. The fraction of sp³-hybridized carbons (Fsp3) is 0.318. The van der Waals surface area contributed by atoms with Crippen molar-refractivity contribution >= 4 is 40.5 Å². The molecule has 2 amide bonds. The van der Waals surface area contributed by atoms with Crippen molar-refractivity contribution < 1.29 is 9.59 Å². The van der Waals surface area contributed by atoms with E-state index in [4.69, 9.17) is 12.2 Å². The Hall–Kier alpha value is -2.73. The Morgan fingerprint density at radius 3 is 2.14 bits per heavy atom. The van der Waals surface area contributed by atoms with E-state index in [1.165, 1.54) is 0 Å². The molecule has 3 N–H and O–H groups in total. The van der Waals surface area contributed by atoms with Crippen LogP contribution in [0.2, 0.25) is 0 Å². The lowest BCUT2D eigenvalue weighted by Gasteiger charge is -2.19. The zero-order chi connectivity index (χ0) is 20.7. The van der Waals surface area contributed by atoms with E-state index in [0.29, 0.717) is 23.4 Å². The first kappa shape index (κ1) is 21.6. The van der Waals surface area contributed by atoms with Gasteiger partial charge >= 0.3 is 0 Å². The van der Waals surface area contributed by atoms with E-state index in [1.807, 2.05) is 25.1 Å². The molecule has 0 atom stereocenters. The Bertz CT molecular complexity index is 855. The molecule has 148 valence electrons. The summed E-state index contributed by atoms with van der Waals surface area (Å²) in [6.45, 7) is 8.33. The van der Waals surface area contributed by atoms with E-state index in [1.54, 1.807) is 30.3 Å². The average Bonchev–Trinajstić information content (AvgIpc) is 2.61. The van der Waals surface area contributed by atoms with Crippen LogP contribution in [0.1, 0.15) is 56.5 Å². The van der Waals surface area contributed by atoms with Crippen LogP contribution < -0.4 is 16.0 Å². The van der Waals surface area contributed by atoms with E-state index in [2.05, 4.69) is 36.7 Å². The van der Waals surface area contributed by atoms with Crippen LogP contribution in [0.3, 0.4) is 0 Å². The maximum absolute atomic E-state index is 12.4. The van der Waals surface area contributed by atoms with Gasteiger partial charge in [0.1, 0.15) is 0 Å². The van der Waals surface area contributed by atoms with E-state index in [0.717, 1.165) is 12.0 Å². The van der Waals surface area contributed by atoms with Crippen molar-refractivity contribution in [2.75, 3.05) is 10.6 Å². The number of amides is 2. The third kappa shape index (κ3) is 6.46. The Morgan fingerprint density at radius 1 is 0.964 bits per heavy atom. The van der Waals surface area contributed by atoms with E-state index in [-0.39, 0.29) is 22.3 Å². The summed E-state index contributed by atoms with van der Waals surface area (Å²) < 4.78 is 0. The minimum atomic E-state index is -0.273. The van der Waals surface area contributed by atoms with Gasteiger partial charge in [-0.1, -0.05) is 45.9 Å². The first-order valence-electron chi connectivity index (χ1n) is 9.32. The molecule has 0 bridgehead atoms. The van der Waals surface area contributed by atoms with Crippen LogP contribution in [0, 0.1) is 0 Å². The standard InChI is InChI=1S/C22H27N3O2S/c1-5-7-19(26)23-17-8-6-9-18(14-17)24-21(28)25-20(27)15-10-12-16(13-11-15)22(2,3)4/h6,8-14H,5,7H2,1-4H3,(H,23,26)(H2,24,25,27,28). The van der Waals surface area contributed by atoms with Crippen molar-refractivity contribution in [2.45, 2.75) is 46.0 Å². The third-order valence-corrected chi connectivity index (χ3v) is 4.33. The highest BCUT2D eigenvalue weighted by Gasteiger charge is 2.15. The SMILES string of the molecule is CCCC(=O)Nc1cccc(NC(=S)NC(=O)c2ccc(C(C)(C)C)cc2)c1. The number of carbonyl (C=O) groups excluding carboxylic acids is 2. The molecule has 28 heavy (non-hydrogen) atoms. The molecule has 0 fully saturated rings. The van der Waals surface area contributed by atoms with Crippen molar-refractivity contribution in [3.63, 3.8) is 0 Å². The highest BCUT2D eigenvalue weighted by molar-refractivity contribution is 7.80. The van der Waals surface area contributed by atoms with Crippen LogP contribution in [0.25, 0.3) is 0 Å². The van der Waals surface area contributed by atoms with Gasteiger partial charge in [0.2, 0.25) is 5.91 Å². The number of anilines is 2. The molecule has 0 aromatic heterocycles. The fourth-order valence-electron chi connectivity index (χ4n) is 2.58. The molecule has 0 unspecified atom stereocenters. The van der Waals surface area contributed by atoms with E-state index in [9.17, 15) is 9.59 Å². The molecule has 0 aliphatic heterocycles. The number of hydrogen-bond acceptors (Lipinski definition) is 3. The Morgan fingerprint density at radius 2 is 1.57 bits per heavy atom. The number of thiocarbonyl (C=S) groups is 1. The average molecular weight is 398 g/mol. The quantitative estimate of drug-likeness (QED) is 0.631. The summed E-state index contributed by atoms with van der Waals surface area (Å²) in [6.07, 6.45) is 1.26. The molecular formula is C22H27N3O2S. The number of carbonyl (C=O) groups is 2. The maximum Gasteiger partial charge on any atom is 0.257 e. The second kappa shape index (κ2) is 9.46. The lowest BCUT2D eigenvalue weighted by molar-refractivity contribution is -0.116. The molecule has 2 aromatic carbocycles. The zero-order valence-electron chi connectivity index (χ0n) is 16.8. The highest BCUT2D eigenvalue weighted by Crippen LogP contribution is 2.22. The van der Waals surface area contributed by atoms with Crippen molar-refractivity contribution in [1.82, 2.24) is 5.32 Å².